The van der Waals surface area contributed by atoms with Crippen molar-refractivity contribution in [3.63, 3.8) is 0 Å². The molecule has 1 nitrogen and oxygen atoms in total. The van der Waals surface area contributed by atoms with Gasteiger partial charge in [-0.1, -0.05) is 0 Å². The third kappa shape index (κ3) is 3.48. The number of halogens is 1. The Morgan fingerprint density at radius 2 is 1.22 bits per heavy atom. The van der Waals surface area contributed by atoms with Gasteiger partial charge in [-0.3, -0.25) is 0 Å². The van der Waals surface area contributed by atoms with Crippen molar-refractivity contribution in [1.29, 1.82) is 0 Å². The fraction of sp³-hybridized carbons (Fsp3) is 0.152. The maximum absolute atomic E-state index is 8.03. The van der Waals surface area contributed by atoms with Gasteiger partial charge in [-0.25, -0.2) is 0 Å². The van der Waals surface area contributed by atoms with Crippen molar-refractivity contribution in [2.75, 3.05) is 0 Å². The van der Waals surface area contributed by atoms with E-state index < -0.39 is 22.1 Å². The Kier molecular flexibility index (Phi) is 5.85. The first-order chi connectivity index (χ1) is 17.9. The Morgan fingerprint density at radius 1 is 0.676 bits per heavy atom. The van der Waals surface area contributed by atoms with E-state index in [0.717, 1.165) is 12.8 Å². The van der Waals surface area contributed by atoms with Crippen LogP contribution >= 0.6 is 26.2 Å². The Bertz CT molecular complexity index is 1630. The third-order valence-corrected chi connectivity index (χ3v) is 30.4. The monoisotopic (exact) mass is 729 g/mol. The predicted octanol–water partition coefficient (Wildman–Crippen LogP) is 6.09. The van der Waals surface area contributed by atoms with Crippen LogP contribution in [0, 0.1) is 20.8 Å². The van der Waals surface area contributed by atoms with E-state index in [4.69, 9.17) is 2.89 Å². The van der Waals surface area contributed by atoms with E-state index in [2.05, 4.69) is 137 Å². The van der Waals surface area contributed by atoms with Crippen LogP contribution in [0.2, 0.25) is 0 Å². The third-order valence-electron chi connectivity index (χ3n) is 7.88. The van der Waals surface area contributed by atoms with Crippen molar-refractivity contribution < 1.29 is 2.89 Å². The first kappa shape index (κ1) is 24.3. The van der Waals surface area contributed by atoms with Gasteiger partial charge >= 0.3 is 236 Å². The second kappa shape index (κ2) is 8.90. The number of benzene rings is 5. The van der Waals surface area contributed by atoms with E-state index in [-0.39, 0.29) is 0 Å². The van der Waals surface area contributed by atoms with Gasteiger partial charge in [0.2, 0.25) is 0 Å². The summed E-state index contributed by atoms with van der Waals surface area (Å²) in [6, 6.07) is 36.6. The van der Waals surface area contributed by atoms with Crippen molar-refractivity contribution in [3.05, 3.63) is 125 Å². The van der Waals surface area contributed by atoms with Crippen molar-refractivity contribution in [3.8, 4) is 0 Å². The van der Waals surface area contributed by atoms with Gasteiger partial charge in [0.25, 0.3) is 0 Å². The molecule has 5 aromatic carbocycles. The zero-order chi connectivity index (χ0) is 25.4. The quantitative estimate of drug-likeness (QED) is 0.124. The summed E-state index contributed by atoms with van der Waals surface area (Å²) in [4.78, 5) is 0. The SMILES string of the molecule is Cc1cc(C)c([Te@]2(I)O[P+](c3ccccc3)(c3ccccc3)c3ccc4c5c(ccc2c35)CC4)c(C)c1. The molecule has 1 atom stereocenters. The molecule has 0 aromatic heterocycles. The fourth-order valence-corrected chi connectivity index (χ4v) is 33.8. The Morgan fingerprint density at radius 3 is 1.78 bits per heavy atom. The summed E-state index contributed by atoms with van der Waals surface area (Å²) in [5.41, 5.74) is 7.09. The van der Waals surface area contributed by atoms with Crippen LogP contribution in [0.3, 0.4) is 0 Å². The Labute approximate surface area is 234 Å². The summed E-state index contributed by atoms with van der Waals surface area (Å²) in [5.74, 6) is 0. The normalized spacial score (nSPS) is 19.4. The predicted molar refractivity (Wildman–Crippen MR) is 171 cm³/mol. The van der Waals surface area contributed by atoms with Gasteiger partial charge in [0.1, 0.15) is 0 Å². The van der Waals surface area contributed by atoms with Gasteiger partial charge in [0.15, 0.2) is 0 Å². The van der Waals surface area contributed by atoms with Crippen LogP contribution in [0.15, 0.2) is 97.1 Å². The molecule has 37 heavy (non-hydrogen) atoms. The standard InChI is InChI=1S/C33H29IOPTe/c1-22-20-23(2)33(24(3)21-22)37(34)30-19-17-26-15-14-25-16-18-29(32(30)31(25)26)36(35-37,27-10-6-4-7-11-27)28-12-8-5-9-13-28/h4-13,16-21H,14-15H2,1-3H3/q+1. The van der Waals surface area contributed by atoms with Gasteiger partial charge in [-0.2, -0.15) is 0 Å². The molecule has 0 amide bonds. The fourth-order valence-electron chi connectivity index (χ4n) is 6.51. The van der Waals surface area contributed by atoms with Crippen LogP contribution < -0.4 is 23.1 Å². The summed E-state index contributed by atoms with van der Waals surface area (Å²) < 4.78 is 11.0. The first-order valence-corrected chi connectivity index (χ1v) is 24.6. The van der Waals surface area contributed by atoms with Crippen LogP contribution in [-0.4, -0.2) is 14.6 Å². The molecule has 0 fully saturated rings. The van der Waals surface area contributed by atoms with Crippen molar-refractivity contribution in [1.82, 2.24) is 0 Å². The average Bonchev–Trinajstić information content (AvgIpc) is 3.33. The molecule has 1 aliphatic carbocycles. The summed E-state index contributed by atoms with van der Waals surface area (Å²) >= 11 is -0.588. The van der Waals surface area contributed by atoms with E-state index in [9.17, 15) is 0 Å². The molecular weight excluding hydrogens is 698 g/mol. The van der Waals surface area contributed by atoms with Gasteiger partial charge < -0.3 is 0 Å². The van der Waals surface area contributed by atoms with Crippen molar-refractivity contribution in [2.45, 2.75) is 33.6 Å². The van der Waals surface area contributed by atoms with Gasteiger partial charge in [0, 0.05) is 0 Å². The van der Waals surface area contributed by atoms with E-state index >= 15 is 0 Å². The van der Waals surface area contributed by atoms with Crippen LogP contribution in [0.5, 0.6) is 0 Å². The molecule has 0 unspecified atom stereocenters. The zero-order valence-corrected chi connectivity index (χ0v) is 26.7. The summed E-state index contributed by atoms with van der Waals surface area (Å²) in [6.07, 6.45) is 2.28. The van der Waals surface area contributed by atoms with Crippen LogP contribution in [0.25, 0.3) is 10.8 Å². The number of hydrogen-bond acceptors (Lipinski definition) is 1. The molecule has 0 N–H and O–H groups in total. The molecular formula is C33H29IOPTe+. The average molecular weight is 727 g/mol. The van der Waals surface area contributed by atoms with Crippen molar-refractivity contribution in [2.24, 2.45) is 0 Å². The molecule has 0 radical (unpaired) electrons. The zero-order valence-electron chi connectivity index (χ0n) is 21.3. The molecule has 5 aromatic rings. The maximum atomic E-state index is 8.03. The number of aryl methyl sites for hydroxylation is 5. The molecule has 7 rings (SSSR count). The van der Waals surface area contributed by atoms with Crippen LogP contribution in [0.4, 0.5) is 0 Å². The Balaban J connectivity index is 1.69. The molecule has 0 spiro atoms. The van der Waals surface area contributed by atoms with E-state index in [1.54, 1.807) is 0 Å². The molecule has 2 aliphatic rings. The van der Waals surface area contributed by atoms with E-state index in [1.165, 1.54) is 61.7 Å². The number of hydrogen-bond donors (Lipinski definition) is 0. The minimum absolute atomic E-state index is 1.14. The topological polar surface area (TPSA) is 9.23 Å². The Hall–Kier alpha value is -1.73. The summed E-state index contributed by atoms with van der Waals surface area (Å²) in [7, 11) is -2.38. The minimum atomic E-state index is -3.43. The van der Waals surface area contributed by atoms with Crippen molar-refractivity contribution >= 4 is 74.7 Å². The van der Waals surface area contributed by atoms with Gasteiger partial charge in [0.05, 0.1) is 0 Å². The first-order valence-electron chi connectivity index (χ1n) is 12.8. The summed E-state index contributed by atoms with van der Waals surface area (Å²) in [6.45, 7) is 6.80. The molecule has 0 saturated heterocycles. The molecule has 1 aliphatic heterocycles. The van der Waals surface area contributed by atoms with Gasteiger partial charge in [-0.05, 0) is 0 Å². The van der Waals surface area contributed by atoms with E-state index in [1.807, 2.05) is 0 Å². The second-order valence-corrected chi connectivity index (χ2v) is 28.0. The number of rotatable bonds is 3. The molecule has 4 heteroatoms. The second-order valence-electron chi connectivity index (χ2n) is 10.3. The summed E-state index contributed by atoms with van der Waals surface area (Å²) in [5, 5.41) is 7.07. The molecule has 0 bridgehead atoms. The van der Waals surface area contributed by atoms with Crippen LogP contribution in [0.1, 0.15) is 27.8 Å². The molecule has 0 saturated carbocycles. The van der Waals surface area contributed by atoms with Gasteiger partial charge in [-0.15, -0.1) is 0 Å². The van der Waals surface area contributed by atoms with Crippen LogP contribution in [-0.2, 0) is 15.7 Å². The van der Waals surface area contributed by atoms with E-state index in [0.29, 0.717) is 0 Å². The molecule has 184 valence electrons. The molecule has 1 heterocycles.